The van der Waals surface area contributed by atoms with Crippen molar-refractivity contribution in [3.05, 3.63) is 41.5 Å². The molecular weight excluding hydrogens is 374 g/mol. The molecule has 1 aliphatic heterocycles. The van der Waals surface area contributed by atoms with E-state index in [1.807, 2.05) is 0 Å². The molecule has 7 heteroatoms. The molecule has 0 unspecified atom stereocenters. The van der Waals surface area contributed by atoms with E-state index in [4.69, 9.17) is 4.74 Å². The Labute approximate surface area is 169 Å². The lowest BCUT2D eigenvalue weighted by Gasteiger charge is -2.20. The molecule has 0 bridgehead atoms. The Balaban J connectivity index is 1.98. The summed E-state index contributed by atoms with van der Waals surface area (Å²) in [6, 6.07) is 3.59. The number of aromatic hydroxyl groups is 1. The average molecular weight is 401 g/mol. The summed E-state index contributed by atoms with van der Waals surface area (Å²) in [6.07, 6.45) is 4.56. The number of ketones is 1. The van der Waals surface area contributed by atoms with Crippen LogP contribution in [-0.4, -0.2) is 51.4 Å². The molecule has 4 atom stereocenters. The Morgan fingerprint density at radius 1 is 1.10 bits per heavy atom. The Bertz CT molecular complexity index is 842. The number of hydrogen-bond acceptors (Lipinski definition) is 7. The number of carbonyl (C=O) groups is 2. The van der Waals surface area contributed by atoms with Crippen LogP contribution >= 0.6 is 0 Å². The van der Waals surface area contributed by atoms with Crippen LogP contribution in [0.1, 0.15) is 49.0 Å². The molecule has 1 saturated carbocycles. The summed E-state index contributed by atoms with van der Waals surface area (Å²) in [5.41, 5.74) is 1.15. The third-order valence-corrected chi connectivity index (χ3v) is 5.23. The van der Waals surface area contributed by atoms with E-state index in [2.05, 4.69) is 5.32 Å². The molecule has 7 nitrogen and oxygen atoms in total. The first-order chi connectivity index (χ1) is 13.8. The Hall–Kier alpha value is -2.64. The van der Waals surface area contributed by atoms with E-state index in [9.17, 15) is 24.9 Å². The highest BCUT2D eigenvalue weighted by Gasteiger charge is 2.26. The highest BCUT2D eigenvalue weighted by atomic mass is 16.5. The van der Waals surface area contributed by atoms with Gasteiger partial charge in [0.05, 0.1) is 6.10 Å². The average Bonchev–Trinajstić information content (AvgIpc) is 3.47. The zero-order valence-electron chi connectivity index (χ0n) is 16.5. The molecule has 0 saturated heterocycles. The summed E-state index contributed by atoms with van der Waals surface area (Å²) in [5.74, 6) is -1.79. The van der Waals surface area contributed by atoms with Crippen LogP contribution in [0.25, 0.3) is 6.08 Å². The fraction of sp³-hybridized carbons (Fsp3) is 0.455. The first-order valence-corrected chi connectivity index (χ1v) is 9.85. The second-order valence-corrected chi connectivity index (χ2v) is 7.76. The van der Waals surface area contributed by atoms with Crippen molar-refractivity contribution in [1.29, 1.82) is 0 Å². The summed E-state index contributed by atoms with van der Waals surface area (Å²) in [5, 5.41) is 33.9. The number of rotatable bonds is 2. The van der Waals surface area contributed by atoms with Gasteiger partial charge in [-0.25, -0.2) is 4.79 Å². The van der Waals surface area contributed by atoms with E-state index < -0.39 is 30.1 Å². The number of phenols is 1. The van der Waals surface area contributed by atoms with Gasteiger partial charge in [0.2, 0.25) is 0 Å². The van der Waals surface area contributed by atoms with E-state index >= 15 is 0 Å². The van der Waals surface area contributed by atoms with Crippen LogP contribution < -0.4 is 5.32 Å². The third-order valence-electron chi connectivity index (χ3n) is 5.23. The van der Waals surface area contributed by atoms with Crippen LogP contribution in [0, 0.1) is 5.92 Å². The highest BCUT2D eigenvalue weighted by molar-refractivity contribution is 5.97. The van der Waals surface area contributed by atoms with Gasteiger partial charge in [-0.05, 0) is 43.9 Å². The van der Waals surface area contributed by atoms with Gasteiger partial charge in [-0.15, -0.1) is 0 Å². The molecule has 0 spiro atoms. The Morgan fingerprint density at radius 3 is 2.52 bits per heavy atom. The van der Waals surface area contributed by atoms with Crippen molar-refractivity contribution in [1.82, 2.24) is 0 Å². The van der Waals surface area contributed by atoms with Gasteiger partial charge in [0.1, 0.15) is 23.5 Å². The van der Waals surface area contributed by atoms with E-state index in [0.29, 0.717) is 17.3 Å². The molecule has 3 rings (SSSR count). The van der Waals surface area contributed by atoms with Crippen LogP contribution in [0.15, 0.2) is 30.4 Å². The van der Waals surface area contributed by atoms with E-state index in [1.54, 1.807) is 32.1 Å². The second-order valence-electron chi connectivity index (χ2n) is 7.76. The smallest absolute Gasteiger partial charge is 0.342 e. The number of anilines is 1. The minimum atomic E-state index is -1.54. The molecule has 29 heavy (non-hydrogen) atoms. The predicted octanol–water partition coefficient (Wildman–Crippen LogP) is 2.41. The van der Waals surface area contributed by atoms with Crippen LogP contribution in [0.4, 0.5) is 5.69 Å². The first kappa shape index (κ1) is 21.1. The summed E-state index contributed by atoms with van der Waals surface area (Å²) in [4.78, 5) is 24.8. The minimum absolute atomic E-state index is 0.00222. The molecule has 1 aromatic carbocycles. The maximum atomic E-state index is 12.8. The molecule has 2 aliphatic rings. The molecular formula is C22H27NO6. The van der Waals surface area contributed by atoms with Gasteiger partial charge >= 0.3 is 5.97 Å². The van der Waals surface area contributed by atoms with Crippen molar-refractivity contribution in [2.45, 2.75) is 57.5 Å². The maximum absolute atomic E-state index is 12.8. The molecule has 1 heterocycles. The number of phenolic OH excluding ortho intramolecular Hbond substituents is 1. The third kappa shape index (κ3) is 5.25. The van der Waals surface area contributed by atoms with Crippen LogP contribution in [0.5, 0.6) is 5.75 Å². The molecule has 1 aliphatic carbocycles. The molecule has 0 aromatic heterocycles. The summed E-state index contributed by atoms with van der Waals surface area (Å²) >= 11 is 0. The number of nitrogens with one attached hydrogen (secondary N) is 1. The van der Waals surface area contributed by atoms with Gasteiger partial charge in [0.15, 0.2) is 5.78 Å². The molecule has 1 fully saturated rings. The fourth-order valence-corrected chi connectivity index (χ4v) is 3.04. The van der Waals surface area contributed by atoms with Gasteiger partial charge in [-0.1, -0.05) is 25.2 Å². The zero-order valence-corrected chi connectivity index (χ0v) is 16.5. The number of aliphatic hydroxyl groups excluding tert-OH is 2. The van der Waals surface area contributed by atoms with Gasteiger partial charge < -0.3 is 25.4 Å². The SMILES string of the molecule is C[C@@H]1/C=C/C(=O)[C@H](O)[C@@H](O)C/C=C/c2cc(NC3CC3)cc(O)c2C(=O)O[C@H]1C. The number of benzene rings is 1. The van der Waals surface area contributed by atoms with E-state index in [-0.39, 0.29) is 23.7 Å². The fourth-order valence-electron chi connectivity index (χ4n) is 3.04. The normalized spacial score (nSPS) is 30.6. The number of hydrogen-bond donors (Lipinski definition) is 4. The molecule has 0 radical (unpaired) electrons. The van der Waals surface area contributed by atoms with Crippen LogP contribution in [-0.2, 0) is 9.53 Å². The molecule has 156 valence electrons. The van der Waals surface area contributed by atoms with Crippen molar-refractivity contribution in [3.63, 3.8) is 0 Å². The molecule has 0 amide bonds. The van der Waals surface area contributed by atoms with Gasteiger partial charge in [-0.2, -0.15) is 0 Å². The van der Waals surface area contributed by atoms with Crippen molar-refractivity contribution in [2.24, 2.45) is 5.92 Å². The number of ether oxygens (including phenoxy) is 1. The van der Waals surface area contributed by atoms with Crippen molar-refractivity contribution in [2.75, 3.05) is 5.32 Å². The number of fused-ring (bicyclic) bond motifs is 1. The topological polar surface area (TPSA) is 116 Å². The minimum Gasteiger partial charge on any atom is -0.507 e. The second kappa shape index (κ2) is 8.80. The summed E-state index contributed by atoms with van der Waals surface area (Å²) in [7, 11) is 0. The van der Waals surface area contributed by atoms with Crippen LogP contribution in [0.3, 0.4) is 0 Å². The van der Waals surface area contributed by atoms with Crippen molar-refractivity contribution >= 4 is 23.5 Å². The van der Waals surface area contributed by atoms with E-state index in [1.165, 1.54) is 18.2 Å². The summed E-state index contributed by atoms with van der Waals surface area (Å²) < 4.78 is 5.50. The standard InChI is InChI=1S/C22H27NO6/c1-12-6-9-18(25)21(27)17(24)5-3-4-14-10-16(23-15-7-8-15)11-19(26)20(14)22(28)29-13(12)2/h3-4,6,9-13,15,17,21,23-24,26-27H,5,7-8H2,1-2H3/b4-3+,9-6+/t12-,13+,17+,21-/m1/s1. The zero-order chi connectivity index (χ0) is 21.1. The monoisotopic (exact) mass is 401 g/mol. The predicted molar refractivity (Wildman–Crippen MR) is 109 cm³/mol. The van der Waals surface area contributed by atoms with Gasteiger partial charge in [0.25, 0.3) is 0 Å². The van der Waals surface area contributed by atoms with Crippen LogP contribution in [0.2, 0.25) is 0 Å². The lowest BCUT2D eigenvalue weighted by atomic mass is 9.99. The van der Waals surface area contributed by atoms with Gasteiger partial charge in [-0.3, -0.25) is 4.79 Å². The lowest BCUT2D eigenvalue weighted by Crippen LogP contribution is -2.32. The molecule has 1 aromatic rings. The number of esters is 1. The largest absolute Gasteiger partial charge is 0.507 e. The summed E-state index contributed by atoms with van der Waals surface area (Å²) in [6.45, 7) is 3.45. The maximum Gasteiger partial charge on any atom is 0.342 e. The first-order valence-electron chi connectivity index (χ1n) is 9.85. The number of cyclic esters (lactones) is 1. The highest BCUT2D eigenvalue weighted by Crippen LogP contribution is 2.32. The quantitative estimate of drug-likeness (QED) is 0.562. The van der Waals surface area contributed by atoms with Gasteiger partial charge in [0, 0.05) is 23.7 Å². The Morgan fingerprint density at radius 2 is 1.83 bits per heavy atom. The Kier molecular flexibility index (Phi) is 6.39. The van der Waals surface area contributed by atoms with Crippen molar-refractivity contribution in [3.8, 4) is 5.75 Å². The van der Waals surface area contributed by atoms with Crippen molar-refractivity contribution < 1.29 is 29.6 Å². The number of carbonyl (C=O) groups excluding carboxylic acids is 2. The number of aliphatic hydroxyl groups is 2. The van der Waals surface area contributed by atoms with E-state index in [0.717, 1.165) is 12.8 Å². The molecule has 4 N–H and O–H groups in total. The lowest BCUT2D eigenvalue weighted by molar-refractivity contribution is -0.127.